The van der Waals surface area contributed by atoms with Crippen LogP contribution in [0.4, 0.5) is 5.69 Å². The van der Waals surface area contributed by atoms with Gasteiger partial charge in [0.15, 0.2) is 0 Å². The summed E-state index contributed by atoms with van der Waals surface area (Å²) in [5.74, 6) is 0. The minimum absolute atomic E-state index is 0.411. The number of ether oxygens (including phenoxy) is 1. The number of hydrogen-bond acceptors (Lipinski definition) is 2. The fraction of sp³-hybridized carbons (Fsp3) is 0.333. The molecule has 1 heterocycles. The summed E-state index contributed by atoms with van der Waals surface area (Å²) >= 11 is 0. The van der Waals surface area contributed by atoms with E-state index < -0.39 is 0 Å². The highest BCUT2D eigenvalue weighted by atomic mass is 16.5. The molecule has 0 aliphatic carbocycles. The number of rotatable bonds is 3. The Morgan fingerprint density at radius 3 is 2.50 bits per heavy atom. The molecule has 0 amide bonds. The quantitative estimate of drug-likeness (QED) is 0.722. The van der Waals surface area contributed by atoms with E-state index in [1.165, 1.54) is 5.69 Å². The van der Waals surface area contributed by atoms with Crippen LogP contribution in [0.25, 0.3) is 6.08 Å². The van der Waals surface area contributed by atoms with Crippen molar-refractivity contribution in [2.75, 3.05) is 25.1 Å². The van der Waals surface area contributed by atoms with E-state index in [1.807, 2.05) is 6.08 Å². The topological polar surface area (TPSA) is 12.5 Å². The average molecular weight is 189 g/mol. The van der Waals surface area contributed by atoms with Crippen LogP contribution in [0, 0.1) is 0 Å². The van der Waals surface area contributed by atoms with Gasteiger partial charge in [0.05, 0.1) is 6.10 Å². The molecule has 2 nitrogen and oxygen atoms in total. The Kier molecular flexibility index (Phi) is 2.55. The van der Waals surface area contributed by atoms with Gasteiger partial charge < -0.3 is 9.64 Å². The van der Waals surface area contributed by atoms with E-state index in [4.69, 9.17) is 4.74 Å². The summed E-state index contributed by atoms with van der Waals surface area (Å²) in [6.45, 7) is 5.74. The van der Waals surface area contributed by atoms with Crippen molar-refractivity contribution in [1.29, 1.82) is 0 Å². The molecule has 1 aliphatic rings. The van der Waals surface area contributed by atoms with Crippen molar-refractivity contribution >= 4 is 11.8 Å². The van der Waals surface area contributed by atoms with Crippen LogP contribution in [0.15, 0.2) is 30.8 Å². The molecular weight excluding hydrogens is 174 g/mol. The highest BCUT2D eigenvalue weighted by Gasteiger charge is 2.26. The van der Waals surface area contributed by atoms with E-state index in [0.717, 1.165) is 18.7 Å². The van der Waals surface area contributed by atoms with Gasteiger partial charge in [0, 0.05) is 25.9 Å². The zero-order valence-electron chi connectivity index (χ0n) is 8.44. The Labute approximate surface area is 84.8 Å². The van der Waals surface area contributed by atoms with E-state index in [1.54, 1.807) is 7.11 Å². The normalized spacial score (nSPS) is 16.5. The highest BCUT2D eigenvalue weighted by Crippen LogP contribution is 2.22. The lowest BCUT2D eigenvalue weighted by Gasteiger charge is -2.40. The molecular formula is C12H15NO. The van der Waals surface area contributed by atoms with Gasteiger partial charge in [-0.25, -0.2) is 0 Å². The third-order valence-corrected chi connectivity index (χ3v) is 2.68. The molecule has 1 saturated heterocycles. The monoisotopic (exact) mass is 189 g/mol. The molecule has 74 valence electrons. The lowest BCUT2D eigenvalue weighted by atomic mass is 10.1. The van der Waals surface area contributed by atoms with Gasteiger partial charge >= 0.3 is 0 Å². The lowest BCUT2D eigenvalue weighted by Crippen LogP contribution is -2.51. The summed E-state index contributed by atoms with van der Waals surface area (Å²) in [5.41, 5.74) is 2.43. The van der Waals surface area contributed by atoms with E-state index in [2.05, 4.69) is 35.7 Å². The van der Waals surface area contributed by atoms with Gasteiger partial charge in [-0.05, 0) is 17.7 Å². The molecule has 14 heavy (non-hydrogen) atoms. The largest absolute Gasteiger partial charge is 0.378 e. The molecule has 0 N–H and O–H groups in total. The van der Waals surface area contributed by atoms with E-state index >= 15 is 0 Å². The molecule has 1 aromatic rings. The maximum Gasteiger partial charge on any atom is 0.0920 e. The average Bonchev–Trinajstić information content (AvgIpc) is 2.17. The Balaban J connectivity index is 2.01. The van der Waals surface area contributed by atoms with Crippen molar-refractivity contribution in [3.05, 3.63) is 36.4 Å². The van der Waals surface area contributed by atoms with Gasteiger partial charge in [0.1, 0.15) is 0 Å². The van der Waals surface area contributed by atoms with Gasteiger partial charge in [-0.1, -0.05) is 24.8 Å². The summed E-state index contributed by atoms with van der Waals surface area (Å²) in [7, 11) is 1.77. The standard InChI is InChI=1S/C12H15NO/c1-3-10-4-6-11(7-5-10)13-8-12(9-13)14-2/h3-7,12H,1,8-9H2,2H3. The zero-order valence-corrected chi connectivity index (χ0v) is 8.44. The van der Waals surface area contributed by atoms with Crippen molar-refractivity contribution in [3.63, 3.8) is 0 Å². The molecule has 1 aromatic carbocycles. The predicted molar refractivity (Wildman–Crippen MR) is 59.5 cm³/mol. The van der Waals surface area contributed by atoms with Crippen LogP contribution in [0.1, 0.15) is 5.56 Å². The number of anilines is 1. The summed E-state index contributed by atoms with van der Waals surface area (Å²) in [4.78, 5) is 2.31. The summed E-state index contributed by atoms with van der Waals surface area (Å²) in [6.07, 6.45) is 2.27. The van der Waals surface area contributed by atoms with E-state index in [9.17, 15) is 0 Å². The second-order valence-corrected chi connectivity index (χ2v) is 3.56. The molecule has 1 aliphatic heterocycles. The number of methoxy groups -OCH3 is 1. The molecule has 0 spiro atoms. The first-order chi connectivity index (χ1) is 6.83. The second kappa shape index (κ2) is 3.84. The van der Waals surface area contributed by atoms with Gasteiger partial charge in [0.25, 0.3) is 0 Å². The first kappa shape index (κ1) is 9.28. The van der Waals surface area contributed by atoms with Crippen LogP contribution in [0.5, 0.6) is 0 Å². The van der Waals surface area contributed by atoms with E-state index in [0.29, 0.717) is 6.10 Å². The van der Waals surface area contributed by atoms with Gasteiger partial charge in [-0.2, -0.15) is 0 Å². The zero-order chi connectivity index (χ0) is 9.97. The Hall–Kier alpha value is -1.28. The molecule has 0 aromatic heterocycles. The first-order valence-corrected chi connectivity index (χ1v) is 4.83. The van der Waals surface area contributed by atoms with Crippen molar-refractivity contribution in [1.82, 2.24) is 0 Å². The highest BCUT2D eigenvalue weighted by molar-refractivity contribution is 5.56. The second-order valence-electron chi connectivity index (χ2n) is 3.56. The Bertz CT molecular complexity index is 312. The first-order valence-electron chi connectivity index (χ1n) is 4.83. The fourth-order valence-electron chi connectivity index (χ4n) is 1.62. The summed E-state index contributed by atoms with van der Waals surface area (Å²) in [6, 6.07) is 8.43. The van der Waals surface area contributed by atoms with Crippen LogP contribution in [-0.4, -0.2) is 26.3 Å². The smallest absolute Gasteiger partial charge is 0.0920 e. The number of benzene rings is 1. The van der Waals surface area contributed by atoms with Crippen molar-refractivity contribution < 1.29 is 4.74 Å². The third-order valence-electron chi connectivity index (χ3n) is 2.68. The van der Waals surface area contributed by atoms with E-state index in [-0.39, 0.29) is 0 Å². The van der Waals surface area contributed by atoms with Crippen LogP contribution in [0.3, 0.4) is 0 Å². The van der Waals surface area contributed by atoms with Gasteiger partial charge in [-0.3, -0.25) is 0 Å². The molecule has 0 radical (unpaired) electrons. The van der Waals surface area contributed by atoms with Crippen LogP contribution in [-0.2, 0) is 4.74 Å². The molecule has 0 unspecified atom stereocenters. The van der Waals surface area contributed by atoms with Gasteiger partial charge in [0.2, 0.25) is 0 Å². The van der Waals surface area contributed by atoms with Crippen LogP contribution in [0.2, 0.25) is 0 Å². The molecule has 2 heteroatoms. The van der Waals surface area contributed by atoms with Crippen molar-refractivity contribution in [2.24, 2.45) is 0 Å². The Morgan fingerprint density at radius 2 is 2.00 bits per heavy atom. The predicted octanol–water partition coefficient (Wildman–Crippen LogP) is 2.16. The minimum Gasteiger partial charge on any atom is -0.378 e. The van der Waals surface area contributed by atoms with Gasteiger partial charge in [-0.15, -0.1) is 0 Å². The summed E-state index contributed by atoms with van der Waals surface area (Å²) < 4.78 is 5.22. The third kappa shape index (κ3) is 1.66. The number of hydrogen-bond donors (Lipinski definition) is 0. The fourth-order valence-corrected chi connectivity index (χ4v) is 1.62. The molecule has 0 atom stereocenters. The lowest BCUT2D eigenvalue weighted by molar-refractivity contribution is 0.0788. The van der Waals surface area contributed by atoms with Crippen molar-refractivity contribution in [2.45, 2.75) is 6.10 Å². The summed E-state index contributed by atoms with van der Waals surface area (Å²) in [5, 5.41) is 0. The molecule has 0 bridgehead atoms. The molecule has 2 rings (SSSR count). The molecule has 1 fully saturated rings. The van der Waals surface area contributed by atoms with Crippen molar-refractivity contribution in [3.8, 4) is 0 Å². The maximum absolute atomic E-state index is 5.22. The molecule has 0 saturated carbocycles. The van der Waals surface area contributed by atoms with Crippen LogP contribution < -0.4 is 4.90 Å². The minimum atomic E-state index is 0.411. The Morgan fingerprint density at radius 1 is 1.36 bits per heavy atom. The number of nitrogens with zero attached hydrogens (tertiary/aromatic N) is 1. The maximum atomic E-state index is 5.22. The SMILES string of the molecule is C=Cc1ccc(N2CC(OC)C2)cc1. The van der Waals surface area contributed by atoms with Crippen LogP contribution >= 0.6 is 0 Å².